The summed E-state index contributed by atoms with van der Waals surface area (Å²) in [7, 11) is 1.61. The van der Waals surface area contributed by atoms with E-state index in [1.807, 2.05) is 31.4 Å². The predicted molar refractivity (Wildman–Crippen MR) is 120 cm³/mol. The Labute approximate surface area is 182 Å². The van der Waals surface area contributed by atoms with Gasteiger partial charge in [0.25, 0.3) is 11.7 Å². The van der Waals surface area contributed by atoms with E-state index in [0.29, 0.717) is 12.1 Å². The molecular formula is C24H29NO4S. The molecule has 3 rings (SSSR count). The summed E-state index contributed by atoms with van der Waals surface area (Å²) >= 11 is 1.50. The lowest BCUT2D eigenvalue weighted by Crippen LogP contribution is -2.30. The number of thiophene rings is 1. The summed E-state index contributed by atoms with van der Waals surface area (Å²) < 4.78 is 5.49. The minimum atomic E-state index is -0.633. The highest BCUT2D eigenvalue weighted by Gasteiger charge is 2.46. The zero-order valence-electron chi connectivity index (χ0n) is 18.4. The van der Waals surface area contributed by atoms with Gasteiger partial charge in [-0.15, -0.1) is 11.3 Å². The number of Topliss-reactive ketones (excluding diaryl/α,β-unsaturated/α-hetero) is 1. The van der Waals surface area contributed by atoms with Crippen LogP contribution in [0, 0.1) is 6.92 Å². The van der Waals surface area contributed by atoms with E-state index in [1.165, 1.54) is 11.3 Å². The highest BCUT2D eigenvalue weighted by atomic mass is 32.1. The molecule has 6 heteroatoms. The number of amides is 1. The van der Waals surface area contributed by atoms with Crippen LogP contribution in [-0.2, 0) is 15.0 Å². The van der Waals surface area contributed by atoms with Crippen molar-refractivity contribution >= 4 is 28.8 Å². The number of carbonyl (C=O) groups is 2. The zero-order chi connectivity index (χ0) is 22.2. The van der Waals surface area contributed by atoms with Crippen molar-refractivity contribution in [3.05, 3.63) is 56.8 Å². The molecule has 2 heterocycles. The largest absolute Gasteiger partial charge is 0.507 e. The minimum absolute atomic E-state index is 0.141. The van der Waals surface area contributed by atoms with Gasteiger partial charge in [-0.2, -0.15) is 0 Å². The summed E-state index contributed by atoms with van der Waals surface area (Å²) in [5.41, 5.74) is 2.36. The third-order valence-electron chi connectivity index (χ3n) is 5.44. The quantitative estimate of drug-likeness (QED) is 0.405. The van der Waals surface area contributed by atoms with Crippen LogP contribution in [-0.4, -0.2) is 35.4 Å². The molecule has 1 N–H and O–H groups in total. The fourth-order valence-corrected chi connectivity index (χ4v) is 4.93. The van der Waals surface area contributed by atoms with Gasteiger partial charge in [-0.25, -0.2) is 0 Å². The van der Waals surface area contributed by atoms with Crippen LogP contribution in [0.15, 0.2) is 35.2 Å². The first-order valence-corrected chi connectivity index (χ1v) is 11.0. The fourth-order valence-electron chi connectivity index (χ4n) is 3.89. The molecule has 1 fully saturated rings. The Morgan fingerprint density at radius 1 is 1.23 bits per heavy atom. The number of ketones is 1. The van der Waals surface area contributed by atoms with Crippen LogP contribution in [0.4, 0.5) is 0 Å². The Morgan fingerprint density at radius 3 is 2.47 bits per heavy atom. The number of methoxy groups -OCH3 is 1. The van der Waals surface area contributed by atoms with Gasteiger partial charge in [0.1, 0.15) is 11.5 Å². The van der Waals surface area contributed by atoms with Gasteiger partial charge in [0.15, 0.2) is 0 Å². The van der Waals surface area contributed by atoms with Crippen LogP contribution in [0.25, 0.3) is 5.76 Å². The summed E-state index contributed by atoms with van der Waals surface area (Å²) in [6, 6.07) is 6.78. The Balaban J connectivity index is 2.23. The molecule has 1 unspecified atom stereocenters. The van der Waals surface area contributed by atoms with Gasteiger partial charge in [0, 0.05) is 22.5 Å². The number of carbonyl (C=O) groups excluding carboxylic acids is 2. The normalized spacial score (nSPS) is 18.9. The van der Waals surface area contributed by atoms with E-state index in [9.17, 15) is 14.7 Å². The number of rotatable bonds is 5. The van der Waals surface area contributed by atoms with Gasteiger partial charge in [-0.1, -0.05) is 27.7 Å². The minimum Gasteiger partial charge on any atom is -0.507 e. The van der Waals surface area contributed by atoms with Gasteiger partial charge < -0.3 is 14.7 Å². The maximum Gasteiger partial charge on any atom is 0.295 e. The first-order valence-electron chi connectivity index (χ1n) is 10.1. The smallest absolute Gasteiger partial charge is 0.295 e. The van der Waals surface area contributed by atoms with Gasteiger partial charge in [-0.05, 0) is 54.0 Å². The molecule has 0 aliphatic carbocycles. The molecule has 0 spiro atoms. The van der Waals surface area contributed by atoms with E-state index in [1.54, 1.807) is 24.1 Å². The topological polar surface area (TPSA) is 66.8 Å². The Bertz CT molecular complexity index is 1010. The second kappa shape index (κ2) is 8.26. The Kier molecular flexibility index (Phi) is 6.09. The lowest BCUT2D eigenvalue weighted by atomic mass is 9.84. The van der Waals surface area contributed by atoms with Crippen LogP contribution in [0.1, 0.15) is 61.7 Å². The van der Waals surface area contributed by atoms with Gasteiger partial charge in [0.05, 0.1) is 18.7 Å². The first-order chi connectivity index (χ1) is 14.1. The number of aliphatic hydroxyl groups excluding tert-OH is 1. The van der Waals surface area contributed by atoms with Crippen molar-refractivity contribution in [2.24, 2.45) is 0 Å². The third kappa shape index (κ3) is 3.76. The van der Waals surface area contributed by atoms with Crippen molar-refractivity contribution in [2.75, 3.05) is 13.7 Å². The number of likely N-dealkylation sites (tertiary alicyclic amines) is 1. The van der Waals surface area contributed by atoms with Crippen molar-refractivity contribution in [3.8, 4) is 5.75 Å². The molecule has 1 saturated heterocycles. The van der Waals surface area contributed by atoms with Crippen molar-refractivity contribution in [2.45, 2.75) is 52.5 Å². The maximum atomic E-state index is 13.0. The molecule has 30 heavy (non-hydrogen) atoms. The van der Waals surface area contributed by atoms with E-state index in [2.05, 4.69) is 20.8 Å². The average molecular weight is 428 g/mol. The summed E-state index contributed by atoms with van der Waals surface area (Å²) in [5.74, 6) is -0.610. The Hall–Kier alpha value is -2.60. The molecule has 2 aromatic rings. The highest BCUT2D eigenvalue weighted by molar-refractivity contribution is 7.10. The lowest BCUT2D eigenvalue weighted by molar-refractivity contribution is -0.139. The second-order valence-corrected chi connectivity index (χ2v) is 9.57. The molecule has 5 nitrogen and oxygen atoms in total. The lowest BCUT2D eigenvalue weighted by Gasteiger charge is -2.25. The van der Waals surface area contributed by atoms with Crippen LogP contribution in [0.2, 0.25) is 0 Å². The second-order valence-electron chi connectivity index (χ2n) is 8.63. The molecule has 0 bridgehead atoms. The van der Waals surface area contributed by atoms with E-state index in [0.717, 1.165) is 28.2 Å². The van der Waals surface area contributed by atoms with Crippen molar-refractivity contribution in [3.63, 3.8) is 0 Å². The first kappa shape index (κ1) is 22.1. The van der Waals surface area contributed by atoms with E-state index < -0.39 is 17.7 Å². The molecule has 160 valence electrons. The maximum absolute atomic E-state index is 13.0. The number of nitrogens with zero attached hydrogens (tertiary/aromatic N) is 1. The fraction of sp³-hybridized carbons (Fsp3) is 0.417. The molecular weight excluding hydrogens is 398 g/mol. The van der Waals surface area contributed by atoms with E-state index >= 15 is 0 Å². The van der Waals surface area contributed by atoms with Crippen molar-refractivity contribution in [1.82, 2.24) is 4.90 Å². The number of hydrogen-bond acceptors (Lipinski definition) is 5. The van der Waals surface area contributed by atoms with Gasteiger partial charge in [0.2, 0.25) is 0 Å². The molecule has 1 aliphatic rings. The van der Waals surface area contributed by atoms with Crippen LogP contribution < -0.4 is 4.74 Å². The monoisotopic (exact) mass is 427 g/mol. The predicted octanol–water partition coefficient (Wildman–Crippen LogP) is 5.19. The summed E-state index contributed by atoms with van der Waals surface area (Å²) in [6.45, 7) is 10.6. The molecule has 1 aromatic heterocycles. The number of hydrogen-bond donors (Lipinski definition) is 1. The molecule has 1 amide bonds. The average Bonchev–Trinajstić information content (AvgIpc) is 3.22. The number of aryl methyl sites for hydroxylation is 1. The molecule has 1 aliphatic heterocycles. The van der Waals surface area contributed by atoms with Crippen molar-refractivity contribution < 1.29 is 19.4 Å². The SMILES string of the molecule is CCCN1C(=O)C(=O)/C(=C(\O)c2ccc(OC)c(C(C)(C)C)c2)C1c1sccc1C. The molecule has 0 saturated carbocycles. The summed E-state index contributed by atoms with van der Waals surface area (Å²) in [5, 5.41) is 13.2. The standard InChI is InChI=1S/C24H29NO4S/c1-7-11-25-19(22-14(2)10-12-30-22)18(21(27)23(25)28)20(26)15-8-9-17(29-6)16(13-15)24(3,4)5/h8-10,12-13,19,26H,7,11H2,1-6H3/b20-18-. The van der Waals surface area contributed by atoms with Crippen molar-refractivity contribution in [1.29, 1.82) is 0 Å². The van der Waals surface area contributed by atoms with E-state index in [4.69, 9.17) is 4.74 Å². The zero-order valence-corrected chi connectivity index (χ0v) is 19.2. The number of aliphatic hydroxyl groups is 1. The number of benzene rings is 1. The molecule has 1 aromatic carbocycles. The van der Waals surface area contributed by atoms with Gasteiger partial charge in [-0.3, -0.25) is 9.59 Å². The van der Waals surface area contributed by atoms with Crippen LogP contribution in [0.5, 0.6) is 5.75 Å². The molecule has 0 radical (unpaired) electrons. The van der Waals surface area contributed by atoms with Gasteiger partial charge >= 0.3 is 0 Å². The number of ether oxygens (including phenoxy) is 1. The van der Waals surface area contributed by atoms with Crippen LogP contribution >= 0.6 is 11.3 Å². The Morgan fingerprint density at radius 2 is 1.93 bits per heavy atom. The van der Waals surface area contributed by atoms with E-state index in [-0.39, 0.29) is 16.7 Å². The highest BCUT2D eigenvalue weighted by Crippen LogP contribution is 2.43. The van der Waals surface area contributed by atoms with Crippen LogP contribution in [0.3, 0.4) is 0 Å². The summed E-state index contributed by atoms with van der Waals surface area (Å²) in [4.78, 5) is 28.3. The third-order valence-corrected chi connectivity index (χ3v) is 6.51. The summed E-state index contributed by atoms with van der Waals surface area (Å²) in [6.07, 6.45) is 0.727. The molecule has 1 atom stereocenters.